The smallest absolute Gasteiger partial charge is 0.346 e. The molecule has 402 valence electrons. The van der Waals surface area contributed by atoms with Crippen LogP contribution in [0.25, 0.3) is 33.4 Å². The van der Waals surface area contributed by atoms with E-state index in [1.165, 1.54) is 53.1 Å². The lowest BCUT2D eigenvalue weighted by Crippen LogP contribution is -2.11. The van der Waals surface area contributed by atoms with Crippen molar-refractivity contribution in [1.29, 1.82) is 0 Å². The Labute approximate surface area is 472 Å². The molecule has 9 aromatic carbocycles. The molecule has 0 saturated carbocycles. The van der Waals surface area contributed by atoms with E-state index in [4.69, 9.17) is 33.5 Å². The number of rotatable bonds is 15. The molecule has 0 aliphatic heterocycles. The highest BCUT2D eigenvalue weighted by atomic mass is 19.1. The van der Waals surface area contributed by atoms with Gasteiger partial charge in [0.1, 0.15) is 11.6 Å². The fraction of sp³-hybridized carbons (Fsp3) is 0.125. The van der Waals surface area contributed by atoms with Crippen molar-refractivity contribution in [1.82, 2.24) is 0 Å². The van der Waals surface area contributed by atoms with Crippen LogP contribution in [0.1, 0.15) is 83.7 Å². The second-order valence-corrected chi connectivity index (χ2v) is 18.9. The monoisotopic (exact) mass is 1070 g/mol. The van der Waals surface area contributed by atoms with Gasteiger partial charge in [-0.05, 0) is 163 Å². The third kappa shape index (κ3) is 17.2. The van der Waals surface area contributed by atoms with Crippen molar-refractivity contribution < 1.29 is 41.8 Å². The summed E-state index contributed by atoms with van der Waals surface area (Å²) in [4.78, 5) is 36.9. The zero-order chi connectivity index (χ0) is 57.7. The molecule has 0 amide bonds. The summed E-state index contributed by atoms with van der Waals surface area (Å²) >= 11 is 0. The van der Waals surface area contributed by atoms with Crippen LogP contribution in [0.5, 0.6) is 17.2 Å². The van der Waals surface area contributed by atoms with Crippen molar-refractivity contribution >= 4 is 17.9 Å². The van der Waals surface area contributed by atoms with Crippen molar-refractivity contribution in [3.63, 3.8) is 0 Å². The normalized spacial score (nSPS) is 10.3. The van der Waals surface area contributed by atoms with E-state index in [0.29, 0.717) is 55.4 Å². The van der Waals surface area contributed by atoms with Crippen molar-refractivity contribution in [2.45, 2.75) is 59.3 Å². The van der Waals surface area contributed by atoms with Gasteiger partial charge in [-0.25, -0.2) is 27.6 Å². The third-order valence-corrected chi connectivity index (χ3v) is 12.8. The predicted octanol–water partition coefficient (Wildman–Crippen LogP) is 16.8. The van der Waals surface area contributed by atoms with Gasteiger partial charge in [0.05, 0.1) is 16.7 Å². The fourth-order valence-corrected chi connectivity index (χ4v) is 8.13. The summed E-state index contributed by atoms with van der Waals surface area (Å²) in [5, 5.41) is 0. The summed E-state index contributed by atoms with van der Waals surface area (Å²) in [6.45, 7) is 6.10. The largest absolute Gasteiger partial charge is 0.423 e. The van der Waals surface area contributed by atoms with Gasteiger partial charge in [0.15, 0.2) is 23.1 Å². The van der Waals surface area contributed by atoms with Gasteiger partial charge in [-0.15, -0.1) is 37.0 Å². The molecule has 0 atom stereocenters. The Hall–Kier alpha value is -10.1. The molecule has 0 spiro atoms. The Bertz CT molecular complexity index is 3570. The highest BCUT2D eigenvalue weighted by Gasteiger charge is 2.17. The number of terminal acetylenes is 3. The number of benzene rings is 9. The Kier molecular flexibility index (Phi) is 21.0. The maximum Gasteiger partial charge on any atom is 0.346 e. The van der Waals surface area contributed by atoms with Crippen molar-refractivity contribution in [3.8, 4) is 87.7 Å². The SMILES string of the molecule is C#CCCc1ccc(C(=O)Oc2ccc(-c3ccc(C)cc3)cc2)c(F)c1.C#CCCc1ccc(OC(=O)c2ccc(-c3ccc(C)cc3)cc2)c(F)c1.C#CCCc1ccc(OC(=O)c2ccc(-c3ccc(C)cc3)cc2)c(F)c1. The minimum Gasteiger partial charge on any atom is -0.423 e. The molecule has 0 heterocycles. The standard InChI is InChI=1S/3C24H19FO2/c2*1-3-4-5-18-8-15-23(22(25)16-18)27-24(26)21-13-11-20(12-14-21)19-9-6-17(2)7-10-19;1-3-4-5-18-8-15-22(23(25)16-18)24(26)27-21-13-11-20(12-14-21)19-9-6-17(2)7-10-19/h3*1,6-16H,4-5H2,2H3. The van der Waals surface area contributed by atoms with Crippen LogP contribution in [-0.4, -0.2) is 17.9 Å². The van der Waals surface area contributed by atoms with E-state index < -0.39 is 35.4 Å². The lowest BCUT2D eigenvalue weighted by atomic mass is 10.0. The highest BCUT2D eigenvalue weighted by molar-refractivity contribution is 5.93. The molecular formula is C72H57F3O6. The van der Waals surface area contributed by atoms with Crippen LogP contribution in [0.4, 0.5) is 13.2 Å². The zero-order valence-electron chi connectivity index (χ0n) is 45.1. The summed E-state index contributed by atoms with van der Waals surface area (Å²) in [7, 11) is 0. The van der Waals surface area contributed by atoms with Gasteiger partial charge in [-0.1, -0.05) is 144 Å². The fourth-order valence-electron chi connectivity index (χ4n) is 8.13. The summed E-state index contributed by atoms with van der Waals surface area (Å²) in [5.74, 6) is 4.06. The molecule has 0 N–H and O–H groups in total. The number of esters is 3. The molecule has 81 heavy (non-hydrogen) atoms. The molecule has 9 heteroatoms. The van der Waals surface area contributed by atoms with Crippen LogP contribution in [-0.2, 0) is 19.3 Å². The van der Waals surface area contributed by atoms with Crippen LogP contribution in [0, 0.1) is 75.3 Å². The van der Waals surface area contributed by atoms with Gasteiger partial charge in [0, 0.05) is 19.3 Å². The van der Waals surface area contributed by atoms with E-state index in [2.05, 4.69) is 17.8 Å². The first-order valence-corrected chi connectivity index (χ1v) is 26.0. The predicted molar refractivity (Wildman–Crippen MR) is 315 cm³/mol. The molecule has 0 saturated heterocycles. The first kappa shape index (κ1) is 58.5. The molecule has 0 bridgehead atoms. The number of hydrogen-bond acceptors (Lipinski definition) is 6. The second-order valence-electron chi connectivity index (χ2n) is 18.9. The molecule has 0 aliphatic carbocycles. The van der Waals surface area contributed by atoms with Gasteiger partial charge in [0.25, 0.3) is 0 Å². The number of carbonyl (C=O) groups is 3. The molecule has 6 nitrogen and oxygen atoms in total. The van der Waals surface area contributed by atoms with Gasteiger partial charge in [-0.2, -0.15) is 0 Å². The van der Waals surface area contributed by atoms with Crippen LogP contribution >= 0.6 is 0 Å². The number of carbonyl (C=O) groups excluding carboxylic acids is 3. The molecular weight excluding hydrogens is 1020 g/mol. The summed E-state index contributed by atoms with van der Waals surface area (Å²) in [6.07, 6.45) is 19.0. The van der Waals surface area contributed by atoms with Crippen molar-refractivity contribution in [2.24, 2.45) is 0 Å². The molecule has 0 unspecified atom stereocenters. The summed E-state index contributed by atoms with van der Waals surface area (Å²) < 4.78 is 58.2. The van der Waals surface area contributed by atoms with Gasteiger partial charge in [0.2, 0.25) is 0 Å². The molecule has 0 aliphatic rings. The zero-order valence-corrected chi connectivity index (χ0v) is 45.1. The minimum absolute atomic E-state index is 0.0907. The third-order valence-electron chi connectivity index (χ3n) is 12.8. The van der Waals surface area contributed by atoms with Crippen molar-refractivity contribution in [2.75, 3.05) is 0 Å². The van der Waals surface area contributed by atoms with Gasteiger partial charge in [-0.3, -0.25) is 0 Å². The second kappa shape index (κ2) is 29.0. The lowest BCUT2D eigenvalue weighted by Gasteiger charge is -2.08. The first-order chi connectivity index (χ1) is 39.2. The van der Waals surface area contributed by atoms with Crippen molar-refractivity contribution in [3.05, 3.63) is 268 Å². The Morgan fingerprint density at radius 3 is 0.963 bits per heavy atom. The summed E-state index contributed by atoms with van der Waals surface area (Å²) in [6, 6.07) is 59.1. The molecule has 0 fully saturated rings. The molecule has 0 radical (unpaired) electrons. The Morgan fingerprint density at radius 1 is 0.358 bits per heavy atom. The van der Waals surface area contributed by atoms with E-state index in [9.17, 15) is 27.6 Å². The van der Waals surface area contributed by atoms with E-state index in [0.717, 1.165) is 50.1 Å². The molecule has 9 aromatic rings. The van der Waals surface area contributed by atoms with Crippen LogP contribution in [0.15, 0.2) is 200 Å². The number of halogens is 3. The maximum absolute atomic E-state index is 14.2. The van der Waals surface area contributed by atoms with Crippen LogP contribution in [0.2, 0.25) is 0 Å². The average Bonchev–Trinajstić information content (AvgIpc) is 3.49. The molecule has 9 rings (SSSR count). The Morgan fingerprint density at radius 2 is 0.654 bits per heavy atom. The van der Waals surface area contributed by atoms with Crippen LogP contribution < -0.4 is 14.2 Å². The highest BCUT2D eigenvalue weighted by Crippen LogP contribution is 2.27. The number of hydrogen-bond donors (Lipinski definition) is 0. The minimum atomic E-state index is -0.723. The van der Waals surface area contributed by atoms with E-state index in [1.54, 1.807) is 54.6 Å². The van der Waals surface area contributed by atoms with Crippen LogP contribution in [0.3, 0.4) is 0 Å². The quantitative estimate of drug-likeness (QED) is 0.0578. The van der Waals surface area contributed by atoms with E-state index >= 15 is 0 Å². The van der Waals surface area contributed by atoms with Gasteiger partial charge >= 0.3 is 17.9 Å². The number of aryl methyl sites for hydroxylation is 6. The topological polar surface area (TPSA) is 78.9 Å². The number of ether oxygens (including phenoxy) is 3. The Balaban J connectivity index is 0.000000175. The average molecular weight is 1080 g/mol. The van der Waals surface area contributed by atoms with E-state index in [-0.39, 0.29) is 17.1 Å². The lowest BCUT2D eigenvalue weighted by molar-refractivity contribution is 0.0718. The maximum atomic E-state index is 14.2. The van der Waals surface area contributed by atoms with Gasteiger partial charge < -0.3 is 14.2 Å². The van der Waals surface area contributed by atoms with E-state index in [1.807, 2.05) is 130 Å². The summed E-state index contributed by atoms with van der Waals surface area (Å²) in [5.41, 5.74) is 12.7. The molecule has 0 aromatic heterocycles. The first-order valence-electron chi connectivity index (χ1n) is 26.0.